The average Bonchev–Trinajstić information content (AvgIpc) is 2.28. The number of hydrogen-bond donors (Lipinski definition) is 0. The third kappa shape index (κ3) is 2.79. The fraction of sp³-hybridized carbons (Fsp3) is 0. The van der Waals surface area contributed by atoms with Gasteiger partial charge in [0.15, 0.2) is 11.6 Å². The van der Waals surface area contributed by atoms with Crippen molar-refractivity contribution >= 4 is 48.5 Å². The van der Waals surface area contributed by atoms with E-state index in [1.807, 2.05) is 0 Å². The molecule has 0 bridgehead atoms. The Balaban J connectivity index is 0.00000162. The number of rotatable bonds is 0. The number of hydrogen-bond acceptors (Lipinski definition) is 0. The van der Waals surface area contributed by atoms with Crippen molar-refractivity contribution in [2.75, 3.05) is 0 Å². The van der Waals surface area contributed by atoms with Gasteiger partial charge in [-0.3, -0.25) is 4.39 Å². The SMILES string of the molecule is Fc1[c-]c(F)c2c(F)c(F)c(F)c(F)c2c1F.[Ca+2].[Cl-]. The van der Waals surface area contributed by atoms with Crippen LogP contribution in [0.3, 0.4) is 0 Å². The van der Waals surface area contributed by atoms with Crippen LogP contribution in [0, 0.1) is 46.8 Å². The fourth-order valence-corrected chi connectivity index (χ4v) is 1.37. The molecule has 0 radical (unpaired) electrons. The molecule has 9 heteroatoms. The molecule has 0 N–H and O–H groups in total. The molecule has 0 unspecified atom stereocenters. The minimum absolute atomic E-state index is 0. The summed E-state index contributed by atoms with van der Waals surface area (Å²) in [6.07, 6.45) is 0. The monoisotopic (exact) mass is 328 g/mol. The maximum absolute atomic E-state index is 13.1. The zero-order chi connectivity index (χ0) is 12.9. The third-order valence-corrected chi connectivity index (χ3v) is 2.12. The molecule has 0 aliphatic carbocycles. The minimum atomic E-state index is -2.35. The summed E-state index contributed by atoms with van der Waals surface area (Å²) >= 11 is 0. The Bertz CT molecular complexity index is 644. The number of benzene rings is 2. The largest absolute Gasteiger partial charge is 2.00 e. The summed E-state index contributed by atoms with van der Waals surface area (Å²) < 4.78 is 90.4. The van der Waals surface area contributed by atoms with Crippen LogP contribution in [0.25, 0.3) is 10.8 Å². The quantitative estimate of drug-likeness (QED) is 0.214. The van der Waals surface area contributed by atoms with Gasteiger partial charge < -0.3 is 12.4 Å². The maximum Gasteiger partial charge on any atom is 2.00 e. The summed E-state index contributed by atoms with van der Waals surface area (Å²) in [5.41, 5.74) is 0. The van der Waals surface area contributed by atoms with E-state index in [1.54, 1.807) is 0 Å². The Morgan fingerprint density at radius 2 is 0.947 bits per heavy atom. The summed E-state index contributed by atoms with van der Waals surface area (Å²) in [7, 11) is 0. The second-order valence-electron chi connectivity index (χ2n) is 3.07. The van der Waals surface area contributed by atoms with Crippen molar-refractivity contribution in [3.05, 3.63) is 46.8 Å². The third-order valence-electron chi connectivity index (χ3n) is 2.12. The van der Waals surface area contributed by atoms with Gasteiger partial charge in [0, 0.05) is 11.6 Å². The van der Waals surface area contributed by atoms with Crippen LogP contribution in [0.4, 0.5) is 30.7 Å². The van der Waals surface area contributed by atoms with Crippen molar-refractivity contribution in [1.29, 1.82) is 0 Å². The standard InChI is InChI=1S/C10F7.Ca.ClH/c11-2-1-3(12)6(13)5-4(2)7(14)9(16)10(17)8(5)15;;/h;;1H/q-1;+2;/p-1. The smallest absolute Gasteiger partial charge is 1.00 e. The molecular weight excluding hydrogens is 329 g/mol. The molecule has 2 aromatic carbocycles. The zero-order valence-corrected chi connectivity index (χ0v) is 11.7. The van der Waals surface area contributed by atoms with Crippen LogP contribution < -0.4 is 12.4 Å². The molecule has 0 spiro atoms. The van der Waals surface area contributed by atoms with Crippen LogP contribution >= 0.6 is 0 Å². The molecule has 98 valence electrons. The van der Waals surface area contributed by atoms with E-state index >= 15 is 0 Å². The van der Waals surface area contributed by atoms with E-state index in [0.717, 1.165) is 6.07 Å². The van der Waals surface area contributed by atoms with Crippen LogP contribution in [0.1, 0.15) is 0 Å². The first-order valence-electron chi connectivity index (χ1n) is 4.07. The van der Waals surface area contributed by atoms with E-state index in [1.165, 1.54) is 0 Å². The molecule has 19 heavy (non-hydrogen) atoms. The van der Waals surface area contributed by atoms with E-state index < -0.39 is 51.5 Å². The van der Waals surface area contributed by atoms with Gasteiger partial charge in [0.1, 0.15) is 11.6 Å². The molecule has 0 saturated carbocycles. The molecule has 0 nitrogen and oxygen atoms in total. The van der Waals surface area contributed by atoms with Gasteiger partial charge in [-0.25, -0.2) is 26.3 Å². The predicted octanol–water partition coefficient (Wildman–Crippen LogP) is 0.237. The summed E-state index contributed by atoms with van der Waals surface area (Å²) in [5.74, 6) is -14.9. The van der Waals surface area contributed by atoms with Crippen molar-refractivity contribution in [3.63, 3.8) is 0 Å². The molecular formula is C10CaClF7. The molecule has 0 saturated heterocycles. The van der Waals surface area contributed by atoms with Crippen molar-refractivity contribution in [2.45, 2.75) is 0 Å². The first-order chi connectivity index (χ1) is 7.86. The number of halogens is 8. The van der Waals surface area contributed by atoms with Gasteiger partial charge in [0.25, 0.3) is 0 Å². The Labute approximate surface area is 138 Å². The summed E-state index contributed by atoms with van der Waals surface area (Å²) in [4.78, 5) is 0. The Morgan fingerprint density at radius 1 is 0.526 bits per heavy atom. The molecule has 0 heterocycles. The van der Waals surface area contributed by atoms with E-state index in [4.69, 9.17) is 0 Å². The van der Waals surface area contributed by atoms with Gasteiger partial charge in [-0.1, -0.05) is 0 Å². The van der Waals surface area contributed by atoms with Crippen LogP contribution in [0.5, 0.6) is 0 Å². The first-order valence-corrected chi connectivity index (χ1v) is 4.07. The molecule has 0 aliphatic heterocycles. The maximum atomic E-state index is 13.1. The van der Waals surface area contributed by atoms with Crippen LogP contribution in [0.2, 0.25) is 0 Å². The van der Waals surface area contributed by atoms with E-state index in [-0.39, 0.29) is 50.1 Å². The van der Waals surface area contributed by atoms with Gasteiger partial charge in [-0.2, -0.15) is 0 Å². The van der Waals surface area contributed by atoms with Gasteiger partial charge >= 0.3 is 37.7 Å². The molecule has 0 aliphatic rings. The first kappa shape index (κ1) is 18.8. The topological polar surface area (TPSA) is 0 Å². The van der Waals surface area contributed by atoms with Crippen LogP contribution in [-0.4, -0.2) is 37.7 Å². The summed E-state index contributed by atoms with van der Waals surface area (Å²) in [5, 5.41) is -3.16. The van der Waals surface area contributed by atoms with Gasteiger partial charge in [0.05, 0.1) is 5.82 Å². The Morgan fingerprint density at radius 3 is 1.42 bits per heavy atom. The van der Waals surface area contributed by atoms with E-state index in [9.17, 15) is 30.7 Å². The molecule has 0 atom stereocenters. The molecule has 0 amide bonds. The van der Waals surface area contributed by atoms with Gasteiger partial charge in [-0.15, -0.1) is 6.07 Å². The van der Waals surface area contributed by atoms with E-state index in [2.05, 4.69) is 0 Å². The second kappa shape index (κ2) is 6.47. The summed E-state index contributed by atoms with van der Waals surface area (Å²) in [6, 6.07) is 1.09. The Kier molecular flexibility index (Phi) is 6.39. The molecule has 0 aromatic heterocycles. The molecule has 2 aromatic rings. The van der Waals surface area contributed by atoms with Gasteiger partial charge in [0.2, 0.25) is 0 Å². The van der Waals surface area contributed by atoms with Crippen molar-refractivity contribution in [3.8, 4) is 0 Å². The second-order valence-corrected chi connectivity index (χ2v) is 3.07. The van der Waals surface area contributed by atoms with Gasteiger partial charge in [-0.05, 0) is 10.8 Å². The molecule has 2 rings (SSSR count). The number of fused-ring (bicyclic) bond motifs is 1. The Hall–Kier alpha value is -0.240. The molecule has 0 fully saturated rings. The van der Waals surface area contributed by atoms with Crippen LogP contribution in [-0.2, 0) is 0 Å². The fourth-order valence-electron chi connectivity index (χ4n) is 1.37. The van der Waals surface area contributed by atoms with Crippen molar-refractivity contribution in [1.82, 2.24) is 0 Å². The minimum Gasteiger partial charge on any atom is -1.00 e. The zero-order valence-electron chi connectivity index (χ0n) is 8.73. The van der Waals surface area contributed by atoms with Crippen molar-refractivity contribution < 1.29 is 43.1 Å². The summed E-state index contributed by atoms with van der Waals surface area (Å²) in [6.45, 7) is 0. The van der Waals surface area contributed by atoms with E-state index in [0.29, 0.717) is 0 Å². The van der Waals surface area contributed by atoms with Crippen LogP contribution in [0.15, 0.2) is 0 Å². The predicted molar refractivity (Wildman–Crippen MR) is 48.2 cm³/mol. The average molecular weight is 329 g/mol. The van der Waals surface area contributed by atoms with Crippen molar-refractivity contribution in [2.24, 2.45) is 0 Å². The normalized spacial score (nSPS) is 10.1.